The van der Waals surface area contributed by atoms with E-state index >= 15 is 0 Å². The van der Waals surface area contributed by atoms with Gasteiger partial charge in [0.2, 0.25) is 0 Å². The van der Waals surface area contributed by atoms with E-state index in [2.05, 4.69) is 63.3 Å². The second kappa shape index (κ2) is 3.98. The van der Waals surface area contributed by atoms with E-state index in [-0.39, 0.29) is 5.41 Å². The predicted molar refractivity (Wildman–Crippen MR) is 78.2 cm³/mol. The van der Waals surface area contributed by atoms with Crippen molar-refractivity contribution < 1.29 is 0 Å². The molecule has 3 rings (SSSR count). The zero-order valence-electron chi connectivity index (χ0n) is 11.5. The maximum Gasteiger partial charge on any atom is 0.0152 e. The molecule has 0 aromatic rings. The van der Waals surface area contributed by atoms with Crippen molar-refractivity contribution >= 4 is 0 Å². The summed E-state index contributed by atoms with van der Waals surface area (Å²) in [7, 11) is 0. The Morgan fingerprint density at radius 1 is 1.06 bits per heavy atom. The molecule has 0 bridgehead atoms. The molecule has 0 aliphatic heterocycles. The van der Waals surface area contributed by atoms with Gasteiger partial charge in [-0.05, 0) is 42.1 Å². The van der Waals surface area contributed by atoms with Gasteiger partial charge in [0, 0.05) is 5.41 Å². The molecule has 0 heteroatoms. The summed E-state index contributed by atoms with van der Waals surface area (Å²) in [6.07, 6.45) is 18.1. The van der Waals surface area contributed by atoms with Gasteiger partial charge in [-0.3, -0.25) is 0 Å². The first kappa shape index (κ1) is 11.5. The quantitative estimate of drug-likeness (QED) is 0.552. The van der Waals surface area contributed by atoms with Gasteiger partial charge >= 0.3 is 0 Å². The van der Waals surface area contributed by atoms with Crippen LogP contribution in [0.2, 0.25) is 0 Å². The molecular formula is C18H20. The largest absolute Gasteiger partial charge is 0.0801 e. The van der Waals surface area contributed by atoms with E-state index in [1.165, 1.54) is 27.9 Å². The highest BCUT2D eigenvalue weighted by Crippen LogP contribution is 2.52. The van der Waals surface area contributed by atoms with E-state index < -0.39 is 0 Å². The van der Waals surface area contributed by atoms with Gasteiger partial charge in [-0.1, -0.05) is 62.0 Å². The first-order valence-electron chi connectivity index (χ1n) is 6.76. The molecule has 0 N–H and O–H groups in total. The highest BCUT2D eigenvalue weighted by atomic mass is 14.4. The van der Waals surface area contributed by atoms with Crippen molar-refractivity contribution in [3.8, 4) is 0 Å². The fraction of sp³-hybridized carbons (Fsp3) is 0.333. The summed E-state index contributed by atoms with van der Waals surface area (Å²) in [4.78, 5) is 0. The first-order chi connectivity index (χ1) is 8.60. The van der Waals surface area contributed by atoms with Gasteiger partial charge in [-0.15, -0.1) is 0 Å². The van der Waals surface area contributed by atoms with Crippen LogP contribution in [0.3, 0.4) is 0 Å². The first-order valence-corrected chi connectivity index (χ1v) is 6.76. The molecule has 0 amide bonds. The van der Waals surface area contributed by atoms with Gasteiger partial charge in [0.1, 0.15) is 0 Å². The molecular weight excluding hydrogens is 216 g/mol. The minimum atomic E-state index is 0.155. The maximum atomic E-state index is 2.43. The molecule has 0 aromatic carbocycles. The molecule has 0 saturated heterocycles. The second-order valence-electron chi connectivity index (χ2n) is 5.92. The van der Waals surface area contributed by atoms with Crippen molar-refractivity contribution in [2.45, 2.75) is 33.6 Å². The zero-order chi connectivity index (χ0) is 12.8. The lowest BCUT2D eigenvalue weighted by Gasteiger charge is -2.23. The standard InChI is InChI=1S/C18H20/c1-13-9-11-15-14-7-5-4-6-8-16(14)18(2,3)17(15)12-10-13/h4-6,8-9,11-12H,7,10H2,1-3H3. The van der Waals surface area contributed by atoms with Gasteiger partial charge in [-0.25, -0.2) is 0 Å². The number of fused-ring (bicyclic) bond motifs is 2. The predicted octanol–water partition coefficient (Wildman–Crippen LogP) is 5.04. The smallest absolute Gasteiger partial charge is 0.0152 e. The van der Waals surface area contributed by atoms with Crippen LogP contribution in [0.25, 0.3) is 0 Å². The number of allylic oxidation sites excluding steroid dienone is 12. The van der Waals surface area contributed by atoms with Gasteiger partial charge < -0.3 is 0 Å². The van der Waals surface area contributed by atoms with E-state index in [1.54, 1.807) is 0 Å². The minimum Gasteiger partial charge on any atom is -0.0801 e. The number of rotatable bonds is 0. The molecule has 0 fully saturated rings. The van der Waals surface area contributed by atoms with Crippen molar-refractivity contribution in [1.82, 2.24) is 0 Å². The fourth-order valence-corrected chi connectivity index (χ4v) is 3.22. The molecule has 92 valence electrons. The van der Waals surface area contributed by atoms with E-state index in [0.717, 1.165) is 12.8 Å². The van der Waals surface area contributed by atoms with Crippen LogP contribution in [-0.2, 0) is 0 Å². The van der Waals surface area contributed by atoms with Crippen LogP contribution in [0.4, 0.5) is 0 Å². The van der Waals surface area contributed by atoms with Gasteiger partial charge in [0.25, 0.3) is 0 Å². The van der Waals surface area contributed by atoms with Crippen LogP contribution in [0, 0.1) is 5.41 Å². The Kier molecular flexibility index (Phi) is 2.55. The summed E-state index contributed by atoms with van der Waals surface area (Å²) in [5.74, 6) is 0. The summed E-state index contributed by atoms with van der Waals surface area (Å²) in [5, 5.41) is 0. The van der Waals surface area contributed by atoms with Crippen molar-refractivity contribution in [2.75, 3.05) is 0 Å². The highest BCUT2D eigenvalue weighted by Gasteiger charge is 2.38. The third-order valence-electron chi connectivity index (χ3n) is 4.28. The molecule has 0 unspecified atom stereocenters. The van der Waals surface area contributed by atoms with Crippen molar-refractivity contribution in [1.29, 1.82) is 0 Å². The lowest BCUT2D eigenvalue weighted by molar-refractivity contribution is 0.576. The van der Waals surface area contributed by atoms with Crippen molar-refractivity contribution in [2.24, 2.45) is 5.41 Å². The second-order valence-corrected chi connectivity index (χ2v) is 5.92. The van der Waals surface area contributed by atoms with Crippen LogP contribution >= 0.6 is 0 Å². The molecule has 0 heterocycles. The Morgan fingerprint density at radius 2 is 1.89 bits per heavy atom. The Balaban J connectivity index is 2.21. The molecule has 0 aromatic heterocycles. The van der Waals surface area contributed by atoms with E-state index in [0.29, 0.717) is 0 Å². The summed E-state index contributed by atoms with van der Waals surface area (Å²) in [6.45, 7) is 6.92. The normalized spacial score (nSPS) is 24.7. The Morgan fingerprint density at radius 3 is 2.72 bits per heavy atom. The monoisotopic (exact) mass is 236 g/mol. The average molecular weight is 236 g/mol. The fourth-order valence-electron chi connectivity index (χ4n) is 3.22. The number of hydrogen-bond acceptors (Lipinski definition) is 0. The van der Waals surface area contributed by atoms with Gasteiger partial charge in [-0.2, -0.15) is 0 Å². The molecule has 3 aliphatic carbocycles. The third-order valence-corrected chi connectivity index (χ3v) is 4.28. The van der Waals surface area contributed by atoms with Crippen LogP contribution in [0.1, 0.15) is 33.6 Å². The summed E-state index contributed by atoms with van der Waals surface area (Å²) < 4.78 is 0. The van der Waals surface area contributed by atoms with E-state index in [4.69, 9.17) is 0 Å². The Labute approximate surface area is 110 Å². The number of hydrogen-bond donors (Lipinski definition) is 0. The maximum absolute atomic E-state index is 2.43. The van der Waals surface area contributed by atoms with Crippen LogP contribution in [0.15, 0.2) is 70.4 Å². The van der Waals surface area contributed by atoms with Crippen molar-refractivity contribution in [3.63, 3.8) is 0 Å². The molecule has 0 spiro atoms. The highest BCUT2D eigenvalue weighted by molar-refractivity contribution is 5.67. The van der Waals surface area contributed by atoms with Crippen LogP contribution < -0.4 is 0 Å². The summed E-state index contributed by atoms with van der Waals surface area (Å²) in [6, 6.07) is 0. The SMILES string of the molecule is CC1=CC=C2C(=CC1)C(C)(C)C1=C2CC=CC=C1. The zero-order valence-corrected chi connectivity index (χ0v) is 11.5. The Bertz CT molecular complexity index is 569. The van der Waals surface area contributed by atoms with Gasteiger partial charge in [0.05, 0.1) is 0 Å². The third kappa shape index (κ3) is 1.59. The molecule has 0 nitrogen and oxygen atoms in total. The summed E-state index contributed by atoms with van der Waals surface area (Å²) in [5.41, 5.74) is 7.59. The lowest BCUT2D eigenvalue weighted by atomic mass is 9.80. The summed E-state index contributed by atoms with van der Waals surface area (Å²) >= 11 is 0. The average Bonchev–Trinajstić information content (AvgIpc) is 2.60. The molecule has 18 heavy (non-hydrogen) atoms. The molecule has 0 saturated carbocycles. The van der Waals surface area contributed by atoms with Crippen LogP contribution in [0.5, 0.6) is 0 Å². The van der Waals surface area contributed by atoms with E-state index in [9.17, 15) is 0 Å². The molecule has 0 atom stereocenters. The Hall–Kier alpha value is -1.56. The minimum absolute atomic E-state index is 0.155. The topological polar surface area (TPSA) is 0 Å². The van der Waals surface area contributed by atoms with E-state index in [1.807, 2.05) is 0 Å². The van der Waals surface area contributed by atoms with Crippen LogP contribution in [-0.4, -0.2) is 0 Å². The molecule has 0 radical (unpaired) electrons. The van der Waals surface area contributed by atoms with Gasteiger partial charge in [0.15, 0.2) is 0 Å². The lowest BCUT2D eigenvalue weighted by Crippen LogP contribution is -2.12. The molecule has 3 aliphatic rings. The van der Waals surface area contributed by atoms with Crippen molar-refractivity contribution in [3.05, 3.63) is 70.4 Å².